The molecule has 0 saturated carbocycles. The number of aryl methyl sites for hydroxylation is 1. The second-order valence-corrected chi connectivity index (χ2v) is 4.34. The Morgan fingerprint density at radius 3 is 2.94 bits per heavy atom. The Kier molecular flexibility index (Phi) is 3.81. The molecule has 0 amide bonds. The molecule has 2 rings (SSSR count). The number of carbonyl (C=O) groups is 1. The maximum Gasteiger partial charge on any atom is 0.339 e. The van der Waals surface area contributed by atoms with Crippen LogP contribution in [0.4, 0.5) is 10.1 Å². The fourth-order valence-corrected chi connectivity index (χ4v) is 1.95. The van der Waals surface area contributed by atoms with Gasteiger partial charge in [0.2, 0.25) is 0 Å². The molecule has 1 N–H and O–H groups in total. The third-order valence-electron chi connectivity index (χ3n) is 2.99. The van der Waals surface area contributed by atoms with Crippen molar-refractivity contribution >= 4 is 11.7 Å². The summed E-state index contributed by atoms with van der Waals surface area (Å²) in [4.78, 5) is 11.7. The molecule has 1 aliphatic heterocycles. The van der Waals surface area contributed by atoms with Crippen molar-refractivity contribution in [3.63, 3.8) is 0 Å². The van der Waals surface area contributed by atoms with Gasteiger partial charge in [-0.15, -0.1) is 0 Å². The zero-order valence-electron chi connectivity index (χ0n) is 10.5. The summed E-state index contributed by atoms with van der Waals surface area (Å²) in [7, 11) is 1.31. The highest BCUT2D eigenvalue weighted by atomic mass is 19.1. The van der Waals surface area contributed by atoms with Crippen LogP contribution in [0.2, 0.25) is 0 Å². The molecule has 0 aliphatic carbocycles. The van der Waals surface area contributed by atoms with Crippen LogP contribution in [0.5, 0.6) is 0 Å². The summed E-state index contributed by atoms with van der Waals surface area (Å²) in [6.07, 6.45) is 0.843. The van der Waals surface area contributed by atoms with Crippen molar-refractivity contribution < 1.29 is 18.7 Å². The molecule has 1 saturated heterocycles. The van der Waals surface area contributed by atoms with Gasteiger partial charge in [0.15, 0.2) is 0 Å². The number of esters is 1. The van der Waals surface area contributed by atoms with Gasteiger partial charge in [-0.25, -0.2) is 9.18 Å². The minimum atomic E-state index is -0.473. The van der Waals surface area contributed by atoms with Crippen LogP contribution in [0.3, 0.4) is 0 Å². The number of hydrogen-bond acceptors (Lipinski definition) is 4. The first-order valence-corrected chi connectivity index (χ1v) is 5.84. The third-order valence-corrected chi connectivity index (χ3v) is 2.99. The van der Waals surface area contributed by atoms with Crippen LogP contribution >= 0.6 is 0 Å². The Hall–Kier alpha value is -1.62. The van der Waals surface area contributed by atoms with Crippen LogP contribution in [0, 0.1) is 12.7 Å². The van der Waals surface area contributed by atoms with Crippen LogP contribution in [-0.4, -0.2) is 32.3 Å². The molecule has 0 bridgehead atoms. The number of hydrogen-bond donors (Lipinski definition) is 1. The van der Waals surface area contributed by atoms with Crippen LogP contribution in [0.1, 0.15) is 22.3 Å². The highest BCUT2D eigenvalue weighted by Gasteiger charge is 2.20. The van der Waals surface area contributed by atoms with Gasteiger partial charge in [0.25, 0.3) is 0 Å². The van der Waals surface area contributed by atoms with Gasteiger partial charge < -0.3 is 14.8 Å². The average molecular weight is 253 g/mol. The van der Waals surface area contributed by atoms with Gasteiger partial charge >= 0.3 is 5.97 Å². The molecule has 0 radical (unpaired) electrons. The molecule has 0 aromatic heterocycles. The lowest BCUT2D eigenvalue weighted by molar-refractivity contribution is 0.0601. The van der Waals surface area contributed by atoms with Gasteiger partial charge in [0.1, 0.15) is 5.82 Å². The molecule has 1 fully saturated rings. The highest BCUT2D eigenvalue weighted by Crippen LogP contribution is 2.23. The van der Waals surface area contributed by atoms with Crippen molar-refractivity contribution in [3.05, 3.63) is 29.1 Å². The van der Waals surface area contributed by atoms with Gasteiger partial charge in [-0.05, 0) is 31.0 Å². The molecular weight excluding hydrogens is 237 g/mol. The number of carbonyl (C=O) groups excluding carboxylic acids is 1. The van der Waals surface area contributed by atoms with E-state index in [2.05, 4.69) is 5.32 Å². The van der Waals surface area contributed by atoms with Gasteiger partial charge in [0, 0.05) is 6.61 Å². The van der Waals surface area contributed by atoms with Crippen molar-refractivity contribution in [2.24, 2.45) is 0 Å². The zero-order chi connectivity index (χ0) is 13.1. The predicted octanol–water partition coefficient (Wildman–Crippen LogP) is 2.12. The number of benzene rings is 1. The van der Waals surface area contributed by atoms with Crippen molar-refractivity contribution in [1.82, 2.24) is 0 Å². The average Bonchev–Trinajstić information content (AvgIpc) is 2.85. The van der Waals surface area contributed by atoms with E-state index in [0.29, 0.717) is 30.0 Å². The summed E-state index contributed by atoms with van der Waals surface area (Å²) >= 11 is 0. The number of rotatable bonds is 3. The fourth-order valence-electron chi connectivity index (χ4n) is 1.95. The van der Waals surface area contributed by atoms with E-state index < -0.39 is 5.97 Å². The van der Waals surface area contributed by atoms with Gasteiger partial charge in [-0.2, -0.15) is 0 Å². The summed E-state index contributed by atoms with van der Waals surface area (Å²) in [6, 6.07) is 2.94. The van der Waals surface area contributed by atoms with Crippen LogP contribution in [0.15, 0.2) is 12.1 Å². The van der Waals surface area contributed by atoms with E-state index >= 15 is 0 Å². The first-order chi connectivity index (χ1) is 8.61. The minimum absolute atomic E-state index is 0.107. The van der Waals surface area contributed by atoms with Gasteiger partial charge in [-0.1, -0.05) is 0 Å². The second kappa shape index (κ2) is 5.35. The number of ether oxygens (including phenoxy) is 2. The first-order valence-electron chi connectivity index (χ1n) is 5.84. The van der Waals surface area contributed by atoms with E-state index in [1.54, 1.807) is 6.92 Å². The molecule has 1 aromatic carbocycles. The Balaban J connectivity index is 2.30. The topological polar surface area (TPSA) is 47.6 Å². The molecule has 5 heteroatoms. The van der Waals surface area contributed by atoms with E-state index in [9.17, 15) is 9.18 Å². The van der Waals surface area contributed by atoms with Gasteiger partial charge in [0.05, 0.1) is 31.0 Å². The molecule has 1 aromatic rings. The standard InChI is InChI=1S/C13H16FNO3/c1-8-5-10(13(16)17-2)12(6-11(8)14)15-9-3-4-18-7-9/h5-6,9,15H,3-4,7H2,1-2H3. The van der Waals surface area contributed by atoms with Gasteiger partial charge in [-0.3, -0.25) is 0 Å². The first kappa shape index (κ1) is 12.8. The lowest BCUT2D eigenvalue weighted by atomic mass is 10.1. The monoisotopic (exact) mass is 253 g/mol. The molecule has 1 heterocycles. The van der Waals surface area contributed by atoms with E-state index in [0.717, 1.165) is 6.42 Å². The summed E-state index contributed by atoms with van der Waals surface area (Å²) in [5, 5.41) is 3.13. The van der Waals surface area contributed by atoms with E-state index in [1.165, 1.54) is 19.2 Å². The van der Waals surface area contributed by atoms with E-state index in [4.69, 9.17) is 9.47 Å². The second-order valence-electron chi connectivity index (χ2n) is 4.34. The predicted molar refractivity (Wildman–Crippen MR) is 65.3 cm³/mol. The summed E-state index contributed by atoms with van der Waals surface area (Å²) in [6.45, 7) is 2.86. The molecular formula is C13H16FNO3. The molecule has 18 heavy (non-hydrogen) atoms. The maximum atomic E-state index is 13.6. The zero-order valence-corrected chi connectivity index (χ0v) is 10.5. The van der Waals surface area contributed by atoms with Crippen molar-refractivity contribution in [2.45, 2.75) is 19.4 Å². The largest absolute Gasteiger partial charge is 0.465 e. The highest BCUT2D eigenvalue weighted by molar-refractivity contribution is 5.95. The van der Waals surface area contributed by atoms with Crippen molar-refractivity contribution in [3.8, 4) is 0 Å². The third kappa shape index (κ3) is 2.61. The van der Waals surface area contributed by atoms with Crippen LogP contribution in [0.25, 0.3) is 0 Å². The molecule has 4 nitrogen and oxygen atoms in total. The SMILES string of the molecule is COC(=O)c1cc(C)c(F)cc1NC1CCOC1. The Bertz CT molecular complexity index is 456. The minimum Gasteiger partial charge on any atom is -0.465 e. The van der Waals surface area contributed by atoms with Crippen molar-refractivity contribution in [2.75, 3.05) is 25.6 Å². The quantitative estimate of drug-likeness (QED) is 0.838. The number of methoxy groups -OCH3 is 1. The number of anilines is 1. The molecule has 1 aliphatic rings. The Morgan fingerprint density at radius 1 is 1.56 bits per heavy atom. The molecule has 0 spiro atoms. The number of halogens is 1. The van der Waals surface area contributed by atoms with Crippen LogP contribution in [-0.2, 0) is 9.47 Å². The van der Waals surface area contributed by atoms with E-state index in [-0.39, 0.29) is 11.9 Å². The molecule has 1 unspecified atom stereocenters. The normalized spacial score (nSPS) is 18.7. The van der Waals surface area contributed by atoms with E-state index in [1.807, 2.05) is 0 Å². The fraction of sp³-hybridized carbons (Fsp3) is 0.462. The van der Waals surface area contributed by atoms with Crippen molar-refractivity contribution in [1.29, 1.82) is 0 Å². The lowest BCUT2D eigenvalue weighted by Gasteiger charge is -2.16. The van der Waals surface area contributed by atoms with Crippen LogP contribution < -0.4 is 5.32 Å². The number of nitrogens with one attached hydrogen (secondary N) is 1. The Morgan fingerprint density at radius 2 is 2.33 bits per heavy atom. The summed E-state index contributed by atoms with van der Waals surface area (Å²) < 4.78 is 23.5. The maximum absolute atomic E-state index is 13.6. The molecule has 1 atom stereocenters. The smallest absolute Gasteiger partial charge is 0.339 e. The molecule has 98 valence electrons. The Labute approximate surface area is 105 Å². The summed E-state index contributed by atoms with van der Waals surface area (Å²) in [5.74, 6) is -0.816. The summed E-state index contributed by atoms with van der Waals surface area (Å²) in [5.41, 5.74) is 1.23. The lowest BCUT2D eigenvalue weighted by Crippen LogP contribution is -2.21.